The van der Waals surface area contributed by atoms with Crippen LogP contribution in [0.1, 0.15) is 37.8 Å². The van der Waals surface area contributed by atoms with Crippen LogP contribution in [0, 0.1) is 5.92 Å². The van der Waals surface area contributed by atoms with E-state index in [1.165, 1.54) is 10.5 Å². The number of amides is 3. The third-order valence-corrected chi connectivity index (χ3v) is 6.58. The number of carbonyl (C=O) groups is 2. The molecule has 0 atom stereocenters. The summed E-state index contributed by atoms with van der Waals surface area (Å²) in [6.07, 6.45) is 2.19. The summed E-state index contributed by atoms with van der Waals surface area (Å²) in [6, 6.07) is 19.9. The average Bonchev–Trinajstić information content (AvgIpc) is 2.96. The summed E-state index contributed by atoms with van der Waals surface area (Å²) in [6.45, 7) is 8.12. The molecule has 2 aromatic carbocycles. The maximum atomic E-state index is 13.7. The van der Waals surface area contributed by atoms with E-state index < -0.39 is 5.54 Å². The largest absolute Gasteiger partial charge is 0.328 e. The van der Waals surface area contributed by atoms with E-state index in [1.807, 2.05) is 53.4 Å². The van der Waals surface area contributed by atoms with Gasteiger partial charge in [0, 0.05) is 26.2 Å². The molecular formula is C26H33N3O2. The molecule has 3 amide bonds. The van der Waals surface area contributed by atoms with E-state index in [0.29, 0.717) is 31.8 Å². The highest BCUT2D eigenvalue weighted by atomic mass is 16.2. The minimum absolute atomic E-state index is 0.0152. The van der Waals surface area contributed by atoms with Crippen LogP contribution in [-0.4, -0.2) is 58.4 Å². The highest BCUT2D eigenvalue weighted by Gasteiger charge is 2.57. The number of benzene rings is 2. The van der Waals surface area contributed by atoms with E-state index in [2.05, 4.69) is 30.9 Å². The third kappa shape index (κ3) is 4.52. The molecular weight excluding hydrogens is 386 g/mol. The van der Waals surface area contributed by atoms with E-state index in [1.54, 1.807) is 0 Å². The van der Waals surface area contributed by atoms with Gasteiger partial charge in [-0.3, -0.25) is 9.69 Å². The fourth-order valence-electron chi connectivity index (χ4n) is 4.99. The van der Waals surface area contributed by atoms with E-state index >= 15 is 0 Å². The van der Waals surface area contributed by atoms with Gasteiger partial charge in [-0.25, -0.2) is 4.79 Å². The Labute approximate surface area is 185 Å². The molecule has 5 heteroatoms. The van der Waals surface area contributed by atoms with Crippen LogP contribution in [0.15, 0.2) is 60.7 Å². The van der Waals surface area contributed by atoms with Crippen LogP contribution in [0.2, 0.25) is 0 Å². The van der Waals surface area contributed by atoms with Gasteiger partial charge in [-0.1, -0.05) is 74.5 Å². The lowest BCUT2D eigenvalue weighted by Crippen LogP contribution is -2.57. The predicted octanol–water partition coefficient (Wildman–Crippen LogP) is 4.18. The lowest BCUT2D eigenvalue weighted by molar-refractivity contribution is -0.136. The first kappa shape index (κ1) is 21.6. The number of imide groups is 1. The van der Waals surface area contributed by atoms with Gasteiger partial charge in [-0.05, 0) is 36.3 Å². The molecule has 2 heterocycles. The monoisotopic (exact) mass is 419 g/mol. The van der Waals surface area contributed by atoms with Crippen molar-refractivity contribution in [2.24, 2.45) is 5.92 Å². The summed E-state index contributed by atoms with van der Waals surface area (Å²) in [5.74, 6) is 0.581. The zero-order valence-electron chi connectivity index (χ0n) is 18.7. The summed E-state index contributed by atoms with van der Waals surface area (Å²) in [7, 11) is 0. The number of hydrogen-bond acceptors (Lipinski definition) is 3. The zero-order chi connectivity index (χ0) is 21.8. The van der Waals surface area contributed by atoms with Gasteiger partial charge in [0.2, 0.25) is 0 Å². The van der Waals surface area contributed by atoms with E-state index in [9.17, 15) is 9.59 Å². The Morgan fingerprint density at radius 3 is 2.03 bits per heavy atom. The molecule has 0 unspecified atom stereocenters. The Morgan fingerprint density at radius 2 is 1.45 bits per heavy atom. The Hall–Kier alpha value is -2.66. The van der Waals surface area contributed by atoms with E-state index in [-0.39, 0.29) is 11.9 Å². The summed E-state index contributed by atoms with van der Waals surface area (Å²) in [5.41, 5.74) is 1.48. The number of carbonyl (C=O) groups excluding carboxylic acids is 2. The molecule has 31 heavy (non-hydrogen) atoms. The predicted molar refractivity (Wildman–Crippen MR) is 122 cm³/mol. The highest BCUT2D eigenvalue weighted by Crippen LogP contribution is 2.38. The zero-order valence-corrected chi connectivity index (χ0v) is 18.7. The van der Waals surface area contributed by atoms with E-state index in [4.69, 9.17) is 0 Å². The fourth-order valence-corrected chi connectivity index (χ4v) is 4.99. The topological polar surface area (TPSA) is 43.9 Å². The number of hydrogen-bond donors (Lipinski definition) is 0. The Balaban J connectivity index is 1.56. The maximum absolute atomic E-state index is 13.7. The van der Waals surface area contributed by atoms with Crippen LogP contribution < -0.4 is 0 Å². The smallest absolute Gasteiger partial charge is 0.309 e. The van der Waals surface area contributed by atoms with Crippen LogP contribution in [-0.2, 0) is 17.8 Å². The van der Waals surface area contributed by atoms with Crippen LogP contribution in [0.5, 0.6) is 0 Å². The Bertz CT molecular complexity index is 889. The van der Waals surface area contributed by atoms with Crippen molar-refractivity contribution in [2.75, 3.05) is 26.2 Å². The molecule has 2 saturated heterocycles. The number of nitrogens with zero attached hydrogens (tertiary/aromatic N) is 3. The average molecular weight is 420 g/mol. The Morgan fingerprint density at radius 1 is 0.871 bits per heavy atom. The maximum Gasteiger partial charge on any atom is 0.328 e. The van der Waals surface area contributed by atoms with Gasteiger partial charge in [0.15, 0.2) is 0 Å². The van der Waals surface area contributed by atoms with Crippen LogP contribution in [0.3, 0.4) is 0 Å². The first-order valence-corrected chi connectivity index (χ1v) is 11.4. The van der Waals surface area contributed by atoms with Crippen molar-refractivity contribution in [3.05, 3.63) is 71.8 Å². The van der Waals surface area contributed by atoms with Gasteiger partial charge in [-0.15, -0.1) is 0 Å². The number of urea groups is 1. The lowest BCUT2D eigenvalue weighted by atomic mass is 9.85. The molecule has 5 nitrogen and oxygen atoms in total. The fraction of sp³-hybridized carbons (Fsp3) is 0.462. The number of likely N-dealkylation sites (tertiary alicyclic amines) is 1. The molecule has 1 spiro atoms. The van der Waals surface area contributed by atoms with Gasteiger partial charge in [-0.2, -0.15) is 0 Å². The molecule has 164 valence electrons. The van der Waals surface area contributed by atoms with Crippen LogP contribution >= 0.6 is 0 Å². The lowest BCUT2D eigenvalue weighted by Gasteiger charge is -2.42. The van der Waals surface area contributed by atoms with Gasteiger partial charge in [0.05, 0.1) is 6.54 Å². The van der Waals surface area contributed by atoms with Crippen molar-refractivity contribution in [1.29, 1.82) is 0 Å². The second-order valence-electron chi connectivity index (χ2n) is 9.27. The second-order valence-corrected chi connectivity index (χ2v) is 9.27. The minimum atomic E-state index is -0.700. The molecule has 0 aliphatic carbocycles. The highest BCUT2D eigenvalue weighted by molar-refractivity contribution is 6.07. The summed E-state index contributed by atoms with van der Waals surface area (Å²) in [5, 5.41) is 0. The van der Waals surface area contributed by atoms with Crippen molar-refractivity contribution >= 4 is 11.9 Å². The van der Waals surface area contributed by atoms with Crippen LogP contribution in [0.25, 0.3) is 0 Å². The molecule has 2 aliphatic heterocycles. The van der Waals surface area contributed by atoms with Crippen molar-refractivity contribution in [2.45, 2.75) is 45.2 Å². The van der Waals surface area contributed by atoms with Crippen molar-refractivity contribution in [3.63, 3.8) is 0 Å². The molecule has 0 N–H and O–H groups in total. The molecule has 0 saturated carbocycles. The molecule has 0 bridgehead atoms. The molecule has 4 rings (SSSR count). The SMILES string of the molecule is CC(C)CN1CCC2(CC1)C(=O)N(Cc1ccccc1)C(=O)N2CCc1ccccc1. The van der Waals surface area contributed by atoms with Crippen molar-refractivity contribution < 1.29 is 9.59 Å². The summed E-state index contributed by atoms with van der Waals surface area (Å²) < 4.78 is 0. The third-order valence-electron chi connectivity index (χ3n) is 6.58. The first-order valence-electron chi connectivity index (χ1n) is 11.4. The van der Waals surface area contributed by atoms with Crippen LogP contribution in [0.4, 0.5) is 4.79 Å². The summed E-state index contributed by atoms with van der Waals surface area (Å²) >= 11 is 0. The number of rotatable bonds is 7. The van der Waals surface area contributed by atoms with Gasteiger partial charge >= 0.3 is 6.03 Å². The molecule has 0 aromatic heterocycles. The normalized spacial score (nSPS) is 19.1. The molecule has 0 radical (unpaired) electrons. The van der Waals surface area contributed by atoms with Crippen molar-refractivity contribution in [3.8, 4) is 0 Å². The quantitative estimate of drug-likeness (QED) is 0.632. The minimum Gasteiger partial charge on any atom is -0.309 e. The Kier molecular flexibility index (Phi) is 6.42. The van der Waals surface area contributed by atoms with Gasteiger partial charge in [0.25, 0.3) is 5.91 Å². The number of piperidine rings is 1. The van der Waals surface area contributed by atoms with Gasteiger partial charge in [0.1, 0.15) is 5.54 Å². The molecule has 2 fully saturated rings. The molecule has 2 aromatic rings. The second kappa shape index (κ2) is 9.23. The van der Waals surface area contributed by atoms with Crippen molar-refractivity contribution in [1.82, 2.24) is 14.7 Å². The first-order chi connectivity index (χ1) is 15.0. The summed E-state index contributed by atoms with van der Waals surface area (Å²) in [4.78, 5) is 33.0. The molecule has 2 aliphatic rings. The van der Waals surface area contributed by atoms with E-state index in [0.717, 1.165) is 31.6 Å². The standard InChI is InChI=1S/C26H33N3O2/c1-21(2)19-27-17-14-26(15-18-27)24(30)28(20-23-11-7-4-8-12-23)25(31)29(26)16-13-22-9-5-3-6-10-22/h3-12,21H,13-20H2,1-2H3. The van der Waals surface area contributed by atoms with Gasteiger partial charge < -0.3 is 9.80 Å².